The lowest BCUT2D eigenvalue weighted by atomic mass is 9.89. The van der Waals surface area contributed by atoms with Crippen LogP contribution in [0.15, 0.2) is 53.0 Å². The van der Waals surface area contributed by atoms with Gasteiger partial charge < -0.3 is 14.6 Å². The van der Waals surface area contributed by atoms with E-state index in [4.69, 9.17) is 4.42 Å². The SMILES string of the molecule is CCCC1Cc2cc(/C=C/C(=O)N(C)Cc3oc4ccccc4c3C)ccc2NC1=O. The van der Waals surface area contributed by atoms with Crippen molar-refractivity contribution in [3.8, 4) is 0 Å². The van der Waals surface area contributed by atoms with E-state index in [-0.39, 0.29) is 17.7 Å². The molecule has 2 amide bonds. The number of furan rings is 1. The molecule has 2 heterocycles. The summed E-state index contributed by atoms with van der Waals surface area (Å²) in [6, 6.07) is 13.8. The Morgan fingerprint density at radius 2 is 2.06 bits per heavy atom. The number of carbonyl (C=O) groups excluding carboxylic acids is 2. The van der Waals surface area contributed by atoms with Gasteiger partial charge in [0.05, 0.1) is 6.54 Å². The van der Waals surface area contributed by atoms with Crippen molar-refractivity contribution < 1.29 is 14.0 Å². The Morgan fingerprint density at radius 1 is 1.26 bits per heavy atom. The summed E-state index contributed by atoms with van der Waals surface area (Å²) in [7, 11) is 1.77. The van der Waals surface area contributed by atoms with Crippen molar-refractivity contribution >= 4 is 34.5 Å². The van der Waals surface area contributed by atoms with Gasteiger partial charge in [-0.1, -0.05) is 37.6 Å². The standard InChI is InChI=1S/C26H28N2O3/c1-4-7-19-15-20-14-18(10-12-22(20)27-26(19)30)11-13-25(29)28(3)16-24-17(2)21-8-5-6-9-23(21)31-24/h5-6,8-14,19H,4,7,15-16H2,1-3H3,(H,27,30)/b13-11+. The Kier molecular flexibility index (Phi) is 5.94. The minimum atomic E-state index is -0.0882. The van der Waals surface area contributed by atoms with Crippen molar-refractivity contribution in [2.24, 2.45) is 5.92 Å². The molecule has 4 rings (SSSR count). The molecule has 31 heavy (non-hydrogen) atoms. The quantitative estimate of drug-likeness (QED) is 0.553. The summed E-state index contributed by atoms with van der Waals surface area (Å²) in [6.45, 7) is 4.53. The molecule has 1 unspecified atom stereocenters. The monoisotopic (exact) mass is 416 g/mol. The lowest BCUT2D eigenvalue weighted by molar-refractivity contribution is -0.125. The van der Waals surface area contributed by atoms with Crippen LogP contribution >= 0.6 is 0 Å². The van der Waals surface area contributed by atoms with Gasteiger partial charge in [0.1, 0.15) is 11.3 Å². The molecular formula is C26H28N2O3. The van der Waals surface area contributed by atoms with Crippen molar-refractivity contribution in [1.29, 1.82) is 0 Å². The first-order valence-corrected chi connectivity index (χ1v) is 10.8. The number of hydrogen-bond donors (Lipinski definition) is 1. The van der Waals surface area contributed by atoms with Crippen LogP contribution in [-0.2, 0) is 22.6 Å². The molecule has 0 saturated carbocycles. The highest BCUT2D eigenvalue weighted by Crippen LogP contribution is 2.29. The van der Waals surface area contributed by atoms with Gasteiger partial charge in [0.25, 0.3) is 0 Å². The van der Waals surface area contributed by atoms with Crippen LogP contribution in [0.3, 0.4) is 0 Å². The van der Waals surface area contributed by atoms with Crippen LogP contribution in [0, 0.1) is 12.8 Å². The van der Waals surface area contributed by atoms with E-state index in [1.54, 1.807) is 18.0 Å². The number of benzene rings is 2. The average molecular weight is 417 g/mol. The molecule has 5 heteroatoms. The number of nitrogens with zero attached hydrogens (tertiary/aromatic N) is 1. The maximum atomic E-state index is 12.7. The molecule has 0 spiro atoms. The van der Waals surface area contributed by atoms with Gasteiger partial charge in [0, 0.05) is 35.7 Å². The van der Waals surface area contributed by atoms with Gasteiger partial charge in [0.2, 0.25) is 11.8 Å². The first-order chi connectivity index (χ1) is 15.0. The minimum Gasteiger partial charge on any atom is -0.459 e. The maximum Gasteiger partial charge on any atom is 0.246 e. The molecule has 1 aromatic heterocycles. The second-order valence-corrected chi connectivity index (χ2v) is 8.27. The van der Waals surface area contributed by atoms with Gasteiger partial charge >= 0.3 is 0 Å². The van der Waals surface area contributed by atoms with Gasteiger partial charge in [-0.2, -0.15) is 0 Å². The summed E-state index contributed by atoms with van der Waals surface area (Å²) in [5, 5.41) is 4.08. The Morgan fingerprint density at radius 3 is 2.84 bits per heavy atom. The molecular weight excluding hydrogens is 388 g/mol. The Labute approximate surface area is 182 Å². The largest absolute Gasteiger partial charge is 0.459 e. The fraction of sp³-hybridized carbons (Fsp3) is 0.308. The molecule has 2 aromatic carbocycles. The van der Waals surface area contributed by atoms with Crippen LogP contribution in [0.4, 0.5) is 5.69 Å². The average Bonchev–Trinajstić information content (AvgIpc) is 3.08. The number of anilines is 1. The predicted octanol–water partition coefficient (Wildman–Crippen LogP) is 5.32. The van der Waals surface area contributed by atoms with E-state index in [0.717, 1.165) is 58.4 Å². The molecule has 0 radical (unpaired) electrons. The fourth-order valence-electron chi connectivity index (χ4n) is 4.15. The number of para-hydroxylation sites is 1. The molecule has 160 valence electrons. The molecule has 1 aliphatic heterocycles. The van der Waals surface area contributed by atoms with Crippen LogP contribution in [0.25, 0.3) is 17.0 Å². The molecule has 1 aliphatic rings. The Bertz CT molecular complexity index is 1160. The van der Waals surface area contributed by atoms with Crippen LogP contribution in [0.5, 0.6) is 0 Å². The molecule has 0 bridgehead atoms. The van der Waals surface area contributed by atoms with Gasteiger partial charge in [-0.25, -0.2) is 0 Å². The first kappa shape index (κ1) is 20.9. The fourth-order valence-corrected chi connectivity index (χ4v) is 4.15. The van der Waals surface area contributed by atoms with E-state index in [9.17, 15) is 9.59 Å². The van der Waals surface area contributed by atoms with E-state index < -0.39 is 0 Å². The molecule has 0 saturated heterocycles. The summed E-state index contributed by atoms with van der Waals surface area (Å²) in [4.78, 5) is 26.5. The number of hydrogen-bond acceptors (Lipinski definition) is 3. The number of likely N-dealkylation sites (N-methyl/N-ethyl adjacent to an activating group) is 1. The van der Waals surface area contributed by atoms with Crippen LogP contribution in [-0.4, -0.2) is 23.8 Å². The zero-order chi connectivity index (χ0) is 22.0. The summed E-state index contributed by atoms with van der Waals surface area (Å²) in [5.74, 6) is 0.846. The van der Waals surface area contributed by atoms with Crippen LogP contribution in [0.1, 0.15) is 42.2 Å². The maximum absolute atomic E-state index is 12.7. The van der Waals surface area contributed by atoms with Gasteiger partial charge in [-0.05, 0) is 55.2 Å². The van der Waals surface area contributed by atoms with Gasteiger partial charge in [-0.3, -0.25) is 9.59 Å². The molecule has 3 aromatic rings. The van der Waals surface area contributed by atoms with E-state index in [2.05, 4.69) is 18.3 Å². The number of carbonyl (C=O) groups is 2. The highest BCUT2D eigenvalue weighted by atomic mass is 16.3. The summed E-state index contributed by atoms with van der Waals surface area (Å²) >= 11 is 0. The van der Waals surface area contributed by atoms with E-state index >= 15 is 0 Å². The number of amides is 2. The van der Waals surface area contributed by atoms with Crippen molar-refractivity contribution in [2.45, 2.75) is 39.7 Å². The zero-order valence-corrected chi connectivity index (χ0v) is 18.3. The first-order valence-electron chi connectivity index (χ1n) is 10.8. The minimum absolute atomic E-state index is 0.0246. The third kappa shape index (κ3) is 4.41. The van der Waals surface area contributed by atoms with Gasteiger partial charge in [-0.15, -0.1) is 0 Å². The summed E-state index contributed by atoms with van der Waals surface area (Å²) < 4.78 is 5.93. The molecule has 0 fully saturated rings. The molecule has 0 aliphatic carbocycles. The van der Waals surface area contributed by atoms with Crippen LogP contribution < -0.4 is 5.32 Å². The third-order valence-electron chi connectivity index (χ3n) is 5.98. The lowest BCUT2D eigenvalue weighted by Gasteiger charge is -2.24. The Balaban J connectivity index is 1.44. The smallest absolute Gasteiger partial charge is 0.246 e. The topological polar surface area (TPSA) is 62.6 Å². The molecule has 1 N–H and O–H groups in total. The second-order valence-electron chi connectivity index (χ2n) is 8.27. The van der Waals surface area contributed by atoms with E-state index in [0.29, 0.717) is 6.54 Å². The highest BCUT2D eigenvalue weighted by Gasteiger charge is 2.25. The normalized spacial score (nSPS) is 15.8. The number of nitrogens with one attached hydrogen (secondary N) is 1. The second kappa shape index (κ2) is 8.80. The van der Waals surface area contributed by atoms with E-state index in [1.165, 1.54) is 0 Å². The lowest BCUT2D eigenvalue weighted by Crippen LogP contribution is -2.29. The van der Waals surface area contributed by atoms with E-state index in [1.807, 2.05) is 49.4 Å². The number of fused-ring (bicyclic) bond motifs is 2. The van der Waals surface area contributed by atoms with Crippen molar-refractivity contribution in [3.63, 3.8) is 0 Å². The highest BCUT2D eigenvalue weighted by molar-refractivity contribution is 5.96. The zero-order valence-electron chi connectivity index (χ0n) is 18.3. The Hall–Kier alpha value is -3.34. The van der Waals surface area contributed by atoms with Crippen molar-refractivity contribution in [2.75, 3.05) is 12.4 Å². The number of rotatable bonds is 6. The molecule has 1 atom stereocenters. The summed E-state index contributed by atoms with van der Waals surface area (Å²) in [6.07, 6.45) is 6.03. The van der Waals surface area contributed by atoms with Crippen molar-refractivity contribution in [3.05, 3.63) is 71.0 Å². The number of aryl methyl sites for hydroxylation is 1. The molecule has 5 nitrogen and oxygen atoms in total. The summed E-state index contributed by atoms with van der Waals surface area (Å²) in [5.41, 5.74) is 4.86. The van der Waals surface area contributed by atoms with Crippen molar-refractivity contribution in [1.82, 2.24) is 4.90 Å². The third-order valence-corrected chi connectivity index (χ3v) is 5.98. The predicted molar refractivity (Wildman–Crippen MR) is 124 cm³/mol. The van der Waals surface area contributed by atoms with Crippen LogP contribution in [0.2, 0.25) is 0 Å². The van der Waals surface area contributed by atoms with Gasteiger partial charge in [0.15, 0.2) is 0 Å².